The molecule has 3 rings (SSSR count). The molecule has 2 fully saturated rings. The summed E-state index contributed by atoms with van der Waals surface area (Å²) in [6.07, 6.45) is 4.04. The normalized spacial score (nSPS) is 28.0. The summed E-state index contributed by atoms with van der Waals surface area (Å²) >= 11 is 0. The molecule has 2 unspecified atom stereocenters. The molecule has 0 spiro atoms. The van der Waals surface area contributed by atoms with Crippen molar-refractivity contribution in [2.45, 2.75) is 52.1 Å². The molecule has 1 aromatic carbocycles. The highest BCUT2D eigenvalue weighted by atomic mass is 15.2. The lowest BCUT2D eigenvalue weighted by molar-refractivity contribution is 0.219. The van der Waals surface area contributed by atoms with E-state index in [0.717, 1.165) is 12.6 Å². The fraction of sp³-hybridized carbons (Fsp3) is 0.647. The maximum Gasteiger partial charge on any atom is 0.0396 e. The van der Waals surface area contributed by atoms with Crippen molar-refractivity contribution < 1.29 is 0 Å². The van der Waals surface area contributed by atoms with Gasteiger partial charge in [0.15, 0.2) is 0 Å². The average molecular weight is 258 g/mol. The zero-order valence-corrected chi connectivity index (χ0v) is 12.4. The number of hydrogen-bond acceptors (Lipinski definition) is 2. The fourth-order valence-electron chi connectivity index (χ4n) is 4.00. The fourth-order valence-corrected chi connectivity index (χ4v) is 4.00. The van der Waals surface area contributed by atoms with Crippen molar-refractivity contribution >= 4 is 0 Å². The minimum Gasteiger partial charge on any atom is -0.330 e. The van der Waals surface area contributed by atoms with Gasteiger partial charge in [-0.05, 0) is 75.7 Å². The van der Waals surface area contributed by atoms with Crippen LogP contribution >= 0.6 is 0 Å². The summed E-state index contributed by atoms with van der Waals surface area (Å²) in [6, 6.07) is 6.07. The van der Waals surface area contributed by atoms with E-state index >= 15 is 0 Å². The third kappa shape index (κ3) is 2.32. The zero-order chi connectivity index (χ0) is 13.6. The lowest BCUT2D eigenvalue weighted by Crippen LogP contribution is -2.31. The Kier molecular flexibility index (Phi) is 3.40. The largest absolute Gasteiger partial charge is 0.330 e. The van der Waals surface area contributed by atoms with E-state index in [0.29, 0.717) is 12.0 Å². The van der Waals surface area contributed by atoms with Crippen LogP contribution in [-0.2, 0) is 0 Å². The highest BCUT2D eigenvalue weighted by Crippen LogP contribution is 2.45. The van der Waals surface area contributed by atoms with E-state index < -0.39 is 0 Å². The van der Waals surface area contributed by atoms with Gasteiger partial charge in [0.25, 0.3) is 0 Å². The van der Waals surface area contributed by atoms with E-state index in [4.69, 9.17) is 5.73 Å². The van der Waals surface area contributed by atoms with E-state index in [-0.39, 0.29) is 0 Å². The molecule has 1 aliphatic heterocycles. The van der Waals surface area contributed by atoms with E-state index in [1.807, 2.05) is 0 Å². The van der Waals surface area contributed by atoms with Crippen LogP contribution in [-0.4, -0.2) is 24.0 Å². The molecule has 0 amide bonds. The third-order valence-corrected chi connectivity index (χ3v) is 4.91. The molecule has 1 saturated heterocycles. The lowest BCUT2D eigenvalue weighted by Gasteiger charge is -2.31. The van der Waals surface area contributed by atoms with Crippen LogP contribution < -0.4 is 5.73 Å². The number of aryl methyl sites for hydroxylation is 3. The molecule has 1 aromatic rings. The molecule has 2 nitrogen and oxygen atoms in total. The first-order valence-corrected chi connectivity index (χ1v) is 7.65. The molecule has 1 heterocycles. The van der Waals surface area contributed by atoms with Gasteiger partial charge in [-0.15, -0.1) is 0 Å². The van der Waals surface area contributed by atoms with Crippen LogP contribution in [0.1, 0.15) is 47.6 Å². The molecular formula is C17H26N2. The van der Waals surface area contributed by atoms with Crippen LogP contribution in [0.15, 0.2) is 12.1 Å². The molecule has 0 radical (unpaired) electrons. The monoisotopic (exact) mass is 258 g/mol. The predicted octanol–water partition coefficient (Wildman–Crippen LogP) is 3.10. The number of rotatable bonds is 3. The number of nitrogens with zero attached hydrogens (tertiary/aromatic N) is 1. The van der Waals surface area contributed by atoms with Crippen LogP contribution in [0.4, 0.5) is 0 Å². The minimum atomic E-state index is 0.568. The first-order valence-electron chi connectivity index (χ1n) is 7.65. The molecule has 1 saturated carbocycles. The third-order valence-electron chi connectivity index (χ3n) is 4.91. The van der Waals surface area contributed by atoms with Crippen LogP contribution in [0, 0.1) is 26.7 Å². The number of benzene rings is 1. The van der Waals surface area contributed by atoms with Crippen molar-refractivity contribution in [2.24, 2.45) is 11.7 Å². The van der Waals surface area contributed by atoms with Crippen molar-refractivity contribution in [2.75, 3.05) is 13.1 Å². The second kappa shape index (κ2) is 4.92. The molecule has 2 N–H and O–H groups in total. The summed E-state index contributed by atoms with van der Waals surface area (Å²) in [7, 11) is 0. The second-order valence-corrected chi connectivity index (χ2v) is 6.51. The van der Waals surface area contributed by atoms with Gasteiger partial charge in [-0.2, -0.15) is 0 Å². The maximum absolute atomic E-state index is 6.05. The Morgan fingerprint density at radius 3 is 2.26 bits per heavy atom. The molecule has 2 atom stereocenters. The van der Waals surface area contributed by atoms with Gasteiger partial charge < -0.3 is 5.73 Å². The average Bonchev–Trinajstić information content (AvgIpc) is 3.10. The zero-order valence-electron chi connectivity index (χ0n) is 12.4. The van der Waals surface area contributed by atoms with Crippen LogP contribution in [0.25, 0.3) is 0 Å². The van der Waals surface area contributed by atoms with Gasteiger partial charge in [0.2, 0.25) is 0 Å². The summed E-state index contributed by atoms with van der Waals surface area (Å²) < 4.78 is 0. The van der Waals surface area contributed by atoms with E-state index in [1.54, 1.807) is 5.56 Å². The summed E-state index contributed by atoms with van der Waals surface area (Å²) in [5.74, 6) is 0.640. The summed E-state index contributed by atoms with van der Waals surface area (Å²) in [5, 5.41) is 0. The SMILES string of the molecule is Cc1cc(C)c(C2C(CN)CCN2C2CC2)c(C)c1. The van der Waals surface area contributed by atoms with Crippen molar-refractivity contribution in [3.63, 3.8) is 0 Å². The molecule has 2 heteroatoms. The highest BCUT2D eigenvalue weighted by Gasteiger charge is 2.42. The maximum atomic E-state index is 6.05. The van der Waals surface area contributed by atoms with Gasteiger partial charge in [0.1, 0.15) is 0 Å². The smallest absolute Gasteiger partial charge is 0.0396 e. The Labute approximate surface area is 117 Å². The summed E-state index contributed by atoms with van der Waals surface area (Å²) in [4.78, 5) is 2.74. The van der Waals surface area contributed by atoms with E-state index in [1.165, 1.54) is 42.5 Å². The molecule has 104 valence electrons. The Bertz CT molecular complexity index is 453. The Hall–Kier alpha value is -0.860. The molecule has 2 aliphatic rings. The topological polar surface area (TPSA) is 29.3 Å². The van der Waals surface area contributed by atoms with Crippen molar-refractivity contribution in [3.05, 3.63) is 34.4 Å². The summed E-state index contributed by atoms with van der Waals surface area (Å²) in [6.45, 7) is 8.79. The van der Waals surface area contributed by atoms with Gasteiger partial charge in [-0.3, -0.25) is 4.90 Å². The Morgan fingerprint density at radius 2 is 1.74 bits per heavy atom. The summed E-state index contributed by atoms with van der Waals surface area (Å²) in [5.41, 5.74) is 11.9. The van der Waals surface area contributed by atoms with Crippen molar-refractivity contribution in [3.8, 4) is 0 Å². The molecule has 0 bridgehead atoms. The second-order valence-electron chi connectivity index (χ2n) is 6.51. The Balaban J connectivity index is 2.01. The van der Waals surface area contributed by atoms with Gasteiger partial charge in [-0.1, -0.05) is 17.7 Å². The number of likely N-dealkylation sites (tertiary alicyclic amines) is 1. The lowest BCUT2D eigenvalue weighted by atomic mass is 9.87. The van der Waals surface area contributed by atoms with Crippen LogP contribution in [0.2, 0.25) is 0 Å². The number of hydrogen-bond donors (Lipinski definition) is 1. The van der Waals surface area contributed by atoms with Crippen molar-refractivity contribution in [1.29, 1.82) is 0 Å². The quantitative estimate of drug-likeness (QED) is 0.902. The predicted molar refractivity (Wildman–Crippen MR) is 80.3 cm³/mol. The van der Waals surface area contributed by atoms with Crippen LogP contribution in [0.3, 0.4) is 0 Å². The molecule has 1 aliphatic carbocycles. The van der Waals surface area contributed by atoms with Gasteiger partial charge >= 0.3 is 0 Å². The van der Waals surface area contributed by atoms with Gasteiger partial charge in [0, 0.05) is 12.1 Å². The molecule has 0 aromatic heterocycles. The number of nitrogens with two attached hydrogens (primary N) is 1. The molecule has 19 heavy (non-hydrogen) atoms. The van der Waals surface area contributed by atoms with Gasteiger partial charge in [0.05, 0.1) is 0 Å². The minimum absolute atomic E-state index is 0.568. The van der Waals surface area contributed by atoms with E-state index in [9.17, 15) is 0 Å². The first kappa shape index (κ1) is 13.1. The van der Waals surface area contributed by atoms with E-state index in [2.05, 4.69) is 37.8 Å². The molecular weight excluding hydrogens is 232 g/mol. The van der Waals surface area contributed by atoms with Gasteiger partial charge in [-0.25, -0.2) is 0 Å². The van der Waals surface area contributed by atoms with Crippen molar-refractivity contribution in [1.82, 2.24) is 4.90 Å². The first-order chi connectivity index (χ1) is 9.11. The van der Waals surface area contributed by atoms with Crippen LogP contribution in [0.5, 0.6) is 0 Å². The standard InChI is InChI=1S/C17H26N2/c1-11-8-12(2)16(13(3)9-11)17-14(10-18)6-7-19(17)15-4-5-15/h8-9,14-15,17H,4-7,10,18H2,1-3H3. The highest BCUT2D eigenvalue weighted by molar-refractivity contribution is 5.40. The Morgan fingerprint density at radius 1 is 1.11 bits per heavy atom.